The Morgan fingerprint density at radius 1 is 1.35 bits per heavy atom. The zero-order chi connectivity index (χ0) is 14.4. The van der Waals surface area contributed by atoms with Crippen LogP contribution in [0.3, 0.4) is 0 Å². The molecule has 0 unspecified atom stereocenters. The van der Waals surface area contributed by atoms with Gasteiger partial charge in [-0.3, -0.25) is 4.98 Å². The predicted octanol–water partition coefficient (Wildman–Crippen LogP) is 2.66. The van der Waals surface area contributed by atoms with Crippen molar-refractivity contribution in [1.82, 2.24) is 20.6 Å². The molecule has 20 heavy (non-hydrogen) atoms. The van der Waals surface area contributed by atoms with Crippen molar-refractivity contribution in [2.24, 2.45) is 0 Å². The molecular weight excluding hydrogens is 272 g/mol. The summed E-state index contributed by atoms with van der Waals surface area (Å²) in [6.45, 7) is 4.49. The highest BCUT2D eigenvalue weighted by Gasteiger charge is 2.28. The van der Waals surface area contributed by atoms with Crippen LogP contribution in [0.5, 0.6) is 0 Å². The van der Waals surface area contributed by atoms with Crippen LogP contribution in [0, 0.1) is 0 Å². The molecule has 6 heteroatoms. The van der Waals surface area contributed by atoms with Crippen LogP contribution in [0.25, 0.3) is 0 Å². The molecular formula is C14H18N4OS. The molecule has 2 aromatic heterocycles. The van der Waals surface area contributed by atoms with Crippen molar-refractivity contribution in [3.8, 4) is 0 Å². The molecule has 0 saturated carbocycles. The van der Waals surface area contributed by atoms with Gasteiger partial charge in [-0.1, -0.05) is 6.92 Å². The second-order valence-corrected chi connectivity index (χ2v) is 5.58. The fourth-order valence-electron chi connectivity index (χ4n) is 1.77. The molecule has 0 aliphatic carbocycles. The molecule has 0 spiro atoms. The van der Waals surface area contributed by atoms with E-state index in [4.69, 9.17) is 0 Å². The summed E-state index contributed by atoms with van der Waals surface area (Å²) in [6, 6.07) is 3.56. The van der Waals surface area contributed by atoms with Gasteiger partial charge >= 0.3 is 6.03 Å². The molecule has 0 saturated heterocycles. The number of pyridine rings is 1. The van der Waals surface area contributed by atoms with Gasteiger partial charge in [-0.15, -0.1) is 11.3 Å². The fourth-order valence-corrected chi connectivity index (χ4v) is 2.59. The number of rotatable bonds is 5. The Balaban J connectivity index is 1.93. The molecule has 2 rings (SSSR count). The summed E-state index contributed by atoms with van der Waals surface area (Å²) in [5.74, 6) is 0. The molecule has 0 radical (unpaired) electrons. The maximum absolute atomic E-state index is 12.0. The molecule has 0 aliphatic rings. The number of thiazole rings is 1. The number of carbonyl (C=O) groups is 1. The first-order chi connectivity index (χ1) is 9.64. The van der Waals surface area contributed by atoms with Crippen LogP contribution in [0.15, 0.2) is 36.1 Å². The van der Waals surface area contributed by atoms with Crippen molar-refractivity contribution >= 4 is 17.4 Å². The third kappa shape index (κ3) is 3.54. The fraction of sp³-hybridized carbons (Fsp3) is 0.357. The number of nitrogens with zero attached hydrogens (tertiary/aromatic N) is 2. The number of aromatic nitrogens is 2. The van der Waals surface area contributed by atoms with Crippen LogP contribution < -0.4 is 10.6 Å². The number of urea groups is 1. The van der Waals surface area contributed by atoms with Crippen LogP contribution in [0.4, 0.5) is 4.79 Å². The van der Waals surface area contributed by atoms with Gasteiger partial charge in [0.25, 0.3) is 0 Å². The van der Waals surface area contributed by atoms with Crippen LogP contribution in [-0.4, -0.2) is 16.0 Å². The van der Waals surface area contributed by atoms with E-state index in [-0.39, 0.29) is 6.03 Å². The average molecular weight is 290 g/mol. The second-order valence-electron chi connectivity index (χ2n) is 4.69. The number of amides is 2. The van der Waals surface area contributed by atoms with E-state index in [1.54, 1.807) is 29.9 Å². The first kappa shape index (κ1) is 14.5. The molecule has 0 aliphatic heterocycles. The van der Waals surface area contributed by atoms with Crippen molar-refractivity contribution in [3.63, 3.8) is 0 Å². The van der Waals surface area contributed by atoms with Gasteiger partial charge in [0.1, 0.15) is 5.01 Å². The average Bonchev–Trinajstić information content (AvgIpc) is 3.01. The second kappa shape index (κ2) is 6.47. The summed E-state index contributed by atoms with van der Waals surface area (Å²) in [4.78, 5) is 20.3. The Hall–Kier alpha value is -1.95. The lowest BCUT2D eigenvalue weighted by Crippen LogP contribution is -2.47. The Labute approximate surface area is 122 Å². The lowest BCUT2D eigenvalue weighted by atomic mass is 10.0. The van der Waals surface area contributed by atoms with Crippen molar-refractivity contribution in [3.05, 3.63) is 46.7 Å². The minimum atomic E-state index is -0.434. The molecule has 5 nitrogen and oxygen atoms in total. The predicted molar refractivity (Wildman–Crippen MR) is 79.4 cm³/mol. The largest absolute Gasteiger partial charge is 0.334 e. The highest BCUT2D eigenvalue weighted by atomic mass is 32.1. The molecule has 1 atom stereocenters. The van der Waals surface area contributed by atoms with Crippen molar-refractivity contribution in [1.29, 1.82) is 0 Å². The van der Waals surface area contributed by atoms with Crippen LogP contribution in [0.2, 0.25) is 0 Å². The third-order valence-corrected chi connectivity index (χ3v) is 4.24. The Morgan fingerprint density at radius 2 is 2.10 bits per heavy atom. The smallest absolute Gasteiger partial charge is 0.315 e. The summed E-state index contributed by atoms with van der Waals surface area (Å²) >= 11 is 1.55. The Bertz CT molecular complexity index is 544. The first-order valence-corrected chi connectivity index (χ1v) is 7.37. The summed E-state index contributed by atoms with van der Waals surface area (Å²) in [5, 5.41) is 8.68. The van der Waals surface area contributed by atoms with E-state index < -0.39 is 5.54 Å². The first-order valence-electron chi connectivity index (χ1n) is 6.49. The quantitative estimate of drug-likeness (QED) is 0.889. The third-order valence-electron chi connectivity index (χ3n) is 3.20. The Morgan fingerprint density at radius 3 is 2.70 bits per heavy atom. The lowest BCUT2D eigenvalue weighted by molar-refractivity contribution is 0.225. The molecule has 0 aromatic carbocycles. The standard InChI is InChI=1S/C14H18N4OS/c1-3-14(2,12-16-8-9-20-12)18-13(19)17-10-11-4-6-15-7-5-11/h4-9H,3,10H2,1-2H3,(H2,17,18,19)/t14-/m1/s1. The van der Waals surface area contributed by atoms with Gasteiger partial charge in [0.15, 0.2) is 0 Å². The number of nitrogens with one attached hydrogen (secondary N) is 2. The highest BCUT2D eigenvalue weighted by Crippen LogP contribution is 2.25. The molecule has 2 N–H and O–H groups in total. The van der Waals surface area contributed by atoms with Crippen molar-refractivity contribution < 1.29 is 4.79 Å². The van der Waals surface area contributed by atoms with Gasteiger partial charge in [0.05, 0.1) is 5.54 Å². The maximum atomic E-state index is 12.0. The zero-order valence-electron chi connectivity index (χ0n) is 11.6. The summed E-state index contributed by atoms with van der Waals surface area (Å²) < 4.78 is 0. The van der Waals surface area contributed by atoms with Crippen LogP contribution in [-0.2, 0) is 12.1 Å². The van der Waals surface area contributed by atoms with Gasteiger partial charge in [-0.05, 0) is 31.0 Å². The van der Waals surface area contributed by atoms with Crippen molar-refractivity contribution in [2.45, 2.75) is 32.4 Å². The maximum Gasteiger partial charge on any atom is 0.315 e. The number of hydrogen-bond donors (Lipinski definition) is 2. The van der Waals surface area contributed by atoms with Gasteiger partial charge in [0, 0.05) is 30.5 Å². The summed E-state index contributed by atoms with van der Waals surface area (Å²) in [7, 11) is 0. The van der Waals surface area contributed by atoms with E-state index in [9.17, 15) is 4.79 Å². The van der Waals surface area contributed by atoms with Crippen LogP contribution in [0.1, 0.15) is 30.8 Å². The van der Waals surface area contributed by atoms with E-state index in [1.807, 2.05) is 31.4 Å². The van der Waals surface area contributed by atoms with Crippen LogP contribution >= 0.6 is 11.3 Å². The molecule has 106 valence electrons. The van der Waals surface area contributed by atoms with E-state index in [2.05, 4.69) is 20.6 Å². The van der Waals surface area contributed by atoms with Gasteiger partial charge in [-0.2, -0.15) is 0 Å². The minimum Gasteiger partial charge on any atom is -0.334 e. The number of hydrogen-bond acceptors (Lipinski definition) is 4. The summed E-state index contributed by atoms with van der Waals surface area (Å²) in [5.41, 5.74) is 0.582. The monoisotopic (exact) mass is 290 g/mol. The summed E-state index contributed by atoms with van der Waals surface area (Å²) in [6.07, 6.45) is 5.95. The highest BCUT2D eigenvalue weighted by molar-refractivity contribution is 7.09. The van der Waals surface area contributed by atoms with E-state index in [1.165, 1.54) is 0 Å². The van der Waals surface area contributed by atoms with Crippen molar-refractivity contribution in [2.75, 3.05) is 0 Å². The van der Waals surface area contributed by atoms with E-state index in [0.29, 0.717) is 6.54 Å². The van der Waals surface area contributed by atoms with E-state index in [0.717, 1.165) is 17.0 Å². The molecule has 2 heterocycles. The Kier molecular flexibility index (Phi) is 4.68. The molecule has 0 bridgehead atoms. The topological polar surface area (TPSA) is 66.9 Å². The van der Waals surface area contributed by atoms with Gasteiger partial charge in [0.2, 0.25) is 0 Å². The van der Waals surface area contributed by atoms with E-state index >= 15 is 0 Å². The number of carbonyl (C=O) groups excluding carboxylic acids is 1. The molecule has 2 aromatic rings. The molecule has 2 amide bonds. The normalized spacial score (nSPS) is 13.5. The minimum absolute atomic E-state index is 0.193. The zero-order valence-corrected chi connectivity index (χ0v) is 12.4. The lowest BCUT2D eigenvalue weighted by Gasteiger charge is -2.27. The van der Waals surface area contributed by atoms with Gasteiger partial charge < -0.3 is 10.6 Å². The molecule has 0 fully saturated rings. The SMILES string of the molecule is CC[C@@](C)(NC(=O)NCc1ccncc1)c1nccs1. The van der Waals surface area contributed by atoms with Gasteiger partial charge in [-0.25, -0.2) is 9.78 Å².